The van der Waals surface area contributed by atoms with Crippen molar-refractivity contribution in [2.75, 3.05) is 34.0 Å². The molecule has 1 fully saturated rings. The lowest BCUT2D eigenvalue weighted by Crippen LogP contribution is -2.85. The topological polar surface area (TPSA) is 64.5 Å². The molecule has 5 heteroatoms. The van der Waals surface area contributed by atoms with Gasteiger partial charge in [-0.1, -0.05) is 30.3 Å². The van der Waals surface area contributed by atoms with E-state index in [0.29, 0.717) is 0 Å². The van der Waals surface area contributed by atoms with E-state index in [1.165, 1.54) is 11.1 Å². The average Bonchev–Trinajstić information content (AvgIpc) is 2.76. The van der Waals surface area contributed by atoms with E-state index in [1.807, 2.05) is 12.1 Å². The average molecular weight is 429 g/mol. The smallest absolute Gasteiger partial charge is 0.161 e. The molecule has 0 amide bonds. The molecule has 3 rings (SSSR count). The van der Waals surface area contributed by atoms with Gasteiger partial charge in [-0.3, -0.25) is 0 Å². The Morgan fingerprint density at radius 3 is 2.42 bits per heavy atom. The van der Waals surface area contributed by atoms with E-state index in [0.717, 1.165) is 50.5 Å². The summed E-state index contributed by atoms with van der Waals surface area (Å²) in [6, 6.07) is 16.7. The lowest BCUT2D eigenvalue weighted by atomic mass is 9.63. The Hall–Kier alpha value is -2.08. The van der Waals surface area contributed by atoms with Crippen LogP contribution >= 0.6 is 0 Å². The highest BCUT2D eigenvalue weighted by Crippen LogP contribution is 2.46. The minimum atomic E-state index is -0.177. The number of nitrogens with two attached hydrogens (primary N) is 1. The zero-order chi connectivity index (χ0) is 22.3. The van der Waals surface area contributed by atoms with E-state index < -0.39 is 0 Å². The molecule has 2 aromatic rings. The van der Waals surface area contributed by atoms with Gasteiger partial charge in [0, 0.05) is 18.1 Å². The van der Waals surface area contributed by atoms with E-state index in [2.05, 4.69) is 55.6 Å². The van der Waals surface area contributed by atoms with Gasteiger partial charge in [-0.2, -0.15) is 0 Å². The van der Waals surface area contributed by atoms with Gasteiger partial charge < -0.3 is 24.6 Å². The molecule has 0 unspecified atom stereocenters. The van der Waals surface area contributed by atoms with Crippen molar-refractivity contribution in [1.29, 1.82) is 0 Å². The molecule has 1 aliphatic rings. The fourth-order valence-electron chi connectivity index (χ4n) is 5.14. The van der Waals surface area contributed by atoms with Crippen molar-refractivity contribution < 1.29 is 24.6 Å². The number of hydrogen-bond donors (Lipinski definition) is 2. The molecular formula is C26H38NO4+. The molecule has 0 aliphatic carbocycles. The van der Waals surface area contributed by atoms with Crippen molar-refractivity contribution in [3.05, 3.63) is 59.7 Å². The summed E-state index contributed by atoms with van der Waals surface area (Å²) in [4.78, 5) is 0. The maximum Gasteiger partial charge on any atom is 0.161 e. The summed E-state index contributed by atoms with van der Waals surface area (Å²) in [7, 11) is 3.31. The van der Waals surface area contributed by atoms with Crippen LogP contribution in [0.1, 0.15) is 37.8 Å². The minimum Gasteiger partial charge on any atom is -0.493 e. The summed E-state index contributed by atoms with van der Waals surface area (Å²) in [5, 5.41) is 12.7. The van der Waals surface area contributed by atoms with Crippen LogP contribution in [0.15, 0.2) is 48.5 Å². The summed E-state index contributed by atoms with van der Waals surface area (Å²) < 4.78 is 16.8. The second kappa shape index (κ2) is 10.5. The fraction of sp³-hybridized carbons (Fsp3) is 0.538. The standard InChI is InChI=1S/C26H37NO4/c1-25(2)19-26(12-13-31-25,15-20-8-6-5-7-9-20)22(18-28)17-27-16-21-10-11-23(29-3)24(14-21)30-4/h5-11,14,22,27-28H,12-13,15-19H2,1-4H3/p+1/t22-,26-/m1/s1. The van der Waals surface area contributed by atoms with Crippen LogP contribution in [0.25, 0.3) is 0 Å². The second-order valence-corrected chi connectivity index (χ2v) is 9.36. The monoisotopic (exact) mass is 428 g/mol. The summed E-state index contributed by atoms with van der Waals surface area (Å²) in [5.41, 5.74) is 2.35. The van der Waals surface area contributed by atoms with E-state index in [1.54, 1.807) is 14.2 Å². The van der Waals surface area contributed by atoms with E-state index in [4.69, 9.17) is 14.2 Å². The van der Waals surface area contributed by atoms with Crippen LogP contribution in [0.2, 0.25) is 0 Å². The quantitative estimate of drug-likeness (QED) is 0.610. The van der Waals surface area contributed by atoms with Crippen molar-refractivity contribution >= 4 is 0 Å². The van der Waals surface area contributed by atoms with Gasteiger partial charge in [-0.25, -0.2) is 0 Å². The molecule has 0 radical (unpaired) electrons. The highest BCUT2D eigenvalue weighted by Gasteiger charge is 2.46. The predicted octanol–water partition coefficient (Wildman–Crippen LogP) is 3.19. The Morgan fingerprint density at radius 1 is 1.03 bits per heavy atom. The SMILES string of the molecule is COc1ccc(C[NH2+]C[C@H](CO)[C@@]2(Cc3ccccc3)CCOC(C)(C)C2)cc1OC. The molecule has 0 spiro atoms. The molecule has 1 heterocycles. The summed E-state index contributed by atoms with van der Waals surface area (Å²) in [5.74, 6) is 1.68. The van der Waals surface area contributed by atoms with Crippen molar-refractivity contribution in [3.8, 4) is 11.5 Å². The largest absolute Gasteiger partial charge is 0.493 e. The van der Waals surface area contributed by atoms with Gasteiger partial charge in [0.25, 0.3) is 0 Å². The van der Waals surface area contributed by atoms with Gasteiger partial charge in [0.15, 0.2) is 11.5 Å². The molecule has 0 aromatic heterocycles. The zero-order valence-corrected chi connectivity index (χ0v) is 19.4. The predicted molar refractivity (Wildman–Crippen MR) is 122 cm³/mol. The molecule has 2 aromatic carbocycles. The molecule has 5 nitrogen and oxygen atoms in total. The van der Waals surface area contributed by atoms with Gasteiger partial charge >= 0.3 is 0 Å². The van der Waals surface area contributed by atoms with Crippen molar-refractivity contribution in [2.24, 2.45) is 11.3 Å². The van der Waals surface area contributed by atoms with Crippen LogP contribution in [0, 0.1) is 11.3 Å². The number of ether oxygens (including phenoxy) is 3. The maximum absolute atomic E-state index is 10.4. The number of aliphatic hydroxyl groups excluding tert-OH is 1. The first-order chi connectivity index (χ1) is 14.9. The molecule has 1 saturated heterocycles. The molecule has 1 aliphatic heterocycles. The van der Waals surface area contributed by atoms with Gasteiger partial charge in [-0.15, -0.1) is 0 Å². The van der Waals surface area contributed by atoms with E-state index in [-0.39, 0.29) is 23.5 Å². The first kappa shape index (κ1) is 23.6. The van der Waals surface area contributed by atoms with Crippen LogP contribution in [0.4, 0.5) is 0 Å². The lowest BCUT2D eigenvalue weighted by Gasteiger charge is -2.48. The first-order valence-electron chi connectivity index (χ1n) is 11.2. The molecular weight excluding hydrogens is 390 g/mol. The van der Waals surface area contributed by atoms with Crippen molar-refractivity contribution in [1.82, 2.24) is 0 Å². The van der Waals surface area contributed by atoms with Gasteiger partial charge in [-0.05, 0) is 62.3 Å². The van der Waals surface area contributed by atoms with Crippen LogP contribution in [-0.4, -0.2) is 44.7 Å². The summed E-state index contributed by atoms with van der Waals surface area (Å²) in [6.45, 7) is 6.98. The lowest BCUT2D eigenvalue weighted by molar-refractivity contribution is -0.678. The number of quaternary nitrogens is 1. The molecule has 0 bridgehead atoms. The number of benzene rings is 2. The van der Waals surface area contributed by atoms with Crippen molar-refractivity contribution in [3.63, 3.8) is 0 Å². The molecule has 170 valence electrons. The number of rotatable bonds is 10. The van der Waals surface area contributed by atoms with Crippen LogP contribution < -0.4 is 14.8 Å². The summed E-state index contributed by atoms with van der Waals surface area (Å²) >= 11 is 0. The van der Waals surface area contributed by atoms with E-state index in [9.17, 15) is 5.11 Å². The van der Waals surface area contributed by atoms with Gasteiger partial charge in [0.1, 0.15) is 6.54 Å². The molecule has 2 atom stereocenters. The Labute approximate surface area is 186 Å². The third-order valence-electron chi connectivity index (χ3n) is 6.64. The molecule has 0 saturated carbocycles. The zero-order valence-electron chi connectivity index (χ0n) is 19.4. The second-order valence-electron chi connectivity index (χ2n) is 9.36. The Bertz CT molecular complexity index is 823. The third kappa shape index (κ3) is 6.00. The summed E-state index contributed by atoms with van der Waals surface area (Å²) in [6.07, 6.45) is 2.89. The Morgan fingerprint density at radius 2 is 1.77 bits per heavy atom. The fourth-order valence-corrected chi connectivity index (χ4v) is 5.14. The number of aliphatic hydroxyl groups is 1. The minimum absolute atomic E-state index is 0.0198. The Kier molecular flexibility index (Phi) is 7.98. The van der Waals surface area contributed by atoms with Crippen LogP contribution in [0.3, 0.4) is 0 Å². The van der Waals surface area contributed by atoms with Crippen LogP contribution in [-0.2, 0) is 17.7 Å². The molecule has 3 N–H and O–H groups in total. The highest BCUT2D eigenvalue weighted by atomic mass is 16.5. The Balaban J connectivity index is 1.73. The third-order valence-corrected chi connectivity index (χ3v) is 6.64. The normalized spacial score (nSPS) is 21.5. The number of hydrogen-bond acceptors (Lipinski definition) is 4. The maximum atomic E-state index is 10.4. The van der Waals surface area contributed by atoms with Gasteiger partial charge in [0.05, 0.1) is 33.0 Å². The first-order valence-corrected chi connectivity index (χ1v) is 11.2. The van der Waals surface area contributed by atoms with Gasteiger partial charge in [0.2, 0.25) is 0 Å². The van der Waals surface area contributed by atoms with Crippen molar-refractivity contribution in [2.45, 2.75) is 45.3 Å². The molecule has 31 heavy (non-hydrogen) atoms. The highest BCUT2D eigenvalue weighted by molar-refractivity contribution is 5.42. The van der Waals surface area contributed by atoms with E-state index >= 15 is 0 Å². The number of methoxy groups -OCH3 is 2. The van der Waals surface area contributed by atoms with Crippen LogP contribution in [0.5, 0.6) is 11.5 Å².